The van der Waals surface area contributed by atoms with Crippen molar-refractivity contribution in [3.8, 4) is 0 Å². The Morgan fingerprint density at radius 3 is 3.00 bits per heavy atom. The Balaban J connectivity index is 2.06. The smallest absolute Gasteiger partial charge is 0.0666 e. The summed E-state index contributed by atoms with van der Waals surface area (Å²) in [4.78, 5) is 0. The summed E-state index contributed by atoms with van der Waals surface area (Å²) in [6.45, 7) is 4.45. The first-order valence-electron chi connectivity index (χ1n) is 4.69. The molecule has 4 nitrogen and oxygen atoms in total. The van der Waals surface area contributed by atoms with Crippen LogP contribution < -0.4 is 5.73 Å². The van der Waals surface area contributed by atoms with E-state index >= 15 is 0 Å². The van der Waals surface area contributed by atoms with Crippen molar-refractivity contribution in [1.82, 2.24) is 0 Å². The van der Waals surface area contributed by atoms with Crippen LogP contribution in [0.25, 0.3) is 0 Å². The van der Waals surface area contributed by atoms with E-state index in [4.69, 9.17) is 20.3 Å². The Morgan fingerprint density at radius 2 is 2.46 bits per heavy atom. The molecule has 4 heteroatoms. The molecule has 2 unspecified atom stereocenters. The van der Waals surface area contributed by atoms with Gasteiger partial charge in [0.05, 0.1) is 32.0 Å². The van der Waals surface area contributed by atoms with Crippen molar-refractivity contribution in [2.75, 3.05) is 33.0 Å². The maximum absolute atomic E-state index is 8.86. The molecule has 0 bridgehead atoms. The Kier molecular flexibility index (Phi) is 4.12. The minimum atomic E-state index is -0.612. The SMILES string of the molecule is CC(N)(CO)COCC1CCOC1. The zero-order valence-corrected chi connectivity index (χ0v) is 8.16. The molecule has 1 fully saturated rings. The van der Waals surface area contributed by atoms with E-state index in [1.54, 1.807) is 6.92 Å². The van der Waals surface area contributed by atoms with Gasteiger partial charge in [0, 0.05) is 12.5 Å². The molecule has 0 aromatic heterocycles. The van der Waals surface area contributed by atoms with Crippen LogP contribution in [0.4, 0.5) is 0 Å². The minimum absolute atomic E-state index is 0.0475. The number of rotatable bonds is 5. The molecule has 0 saturated carbocycles. The quantitative estimate of drug-likeness (QED) is 0.626. The summed E-state index contributed by atoms with van der Waals surface area (Å²) >= 11 is 0. The molecule has 2 atom stereocenters. The molecule has 3 N–H and O–H groups in total. The van der Waals surface area contributed by atoms with E-state index in [2.05, 4.69) is 0 Å². The van der Waals surface area contributed by atoms with Crippen molar-refractivity contribution < 1.29 is 14.6 Å². The van der Waals surface area contributed by atoms with E-state index in [-0.39, 0.29) is 6.61 Å². The first-order valence-corrected chi connectivity index (χ1v) is 4.69. The van der Waals surface area contributed by atoms with Gasteiger partial charge in [-0.1, -0.05) is 0 Å². The van der Waals surface area contributed by atoms with Crippen LogP contribution in [0.1, 0.15) is 13.3 Å². The Morgan fingerprint density at radius 1 is 1.69 bits per heavy atom. The van der Waals surface area contributed by atoms with Crippen molar-refractivity contribution in [2.24, 2.45) is 11.7 Å². The number of ether oxygens (including phenoxy) is 2. The molecule has 1 aliphatic rings. The molecule has 0 aromatic carbocycles. The van der Waals surface area contributed by atoms with Crippen LogP contribution in [0.15, 0.2) is 0 Å². The lowest BCUT2D eigenvalue weighted by molar-refractivity contribution is 0.0404. The lowest BCUT2D eigenvalue weighted by Crippen LogP contribution is -2.45. The Bertz CT molecular complexity index is 144. The average Bonchev–Trinajstić information content (AvgIpc) is 2.57. The molecule has 0 amide bonds. The van der Waals surface area contributed by atoms with Crippen LogP contribution in [0.2, 0.25) is 0 Å². The van der Waals surface area contributed by atoms with Crippen molar-refractivity contribution >= 4 is 0 Å². The Hall–Kier alpha value is -0.160. The summed E-state index contributed by atoms with van der Waals surface area (Å²) in [6, 6.07) is 0. The highest BCUT2D eigenvalue weighted by Gasteiger charge is 2.20. The fourth-order valence-corrected chi connectivity index (χ4v) is 1.22. The first kappa shape index (κ1) is 10.9. The molecule has 78 valence electrons. The first-order chi connectivity index (χ1) is 6.14. The Labute approximate surface area is 79.0 Å². The highest BCUT2D eigenvalue weighted by atomic mass is 16.5. The third-order valence-electron chi connectivity index (χ3n) is 2.17. The molecular weight excluding hydrogens is 170 g/mol. The second-order valence-electron chi connectivity index (χ2n) is 4.06. The van der Waals surface area contributed by atoms with E-state index < -0.39 is 5.54 Å². The highest BCUT2D eigenvalue weighted by Crippen LogP contribution is 2.12. The van der Waals surface area contributed by atoms with Gasteiger partial charge in [-0.25, -0.2) is 0 Å². The van der Waals surface area contributed by atoms with Gasteiger partial charge < -0.3 is 20.3 Å². The summed E-state index contributed by atoms with van der Waals surface area (Å²) in [7, 11) is 0. The minimum Gasteiger partial charge on any atom is -0.394 e. The number of aliphatic hydroxyl groups is 1. The molecule has 13 heavy (non-hydrogen) atoms. The molecule has 1 saturated heterocycles. The molecule has 1 aliphatic heterocycles. The summed E-state index contributed by atoms with van der Waals surface area (Å²) in [5.74, 6) is 0.509. The van der Waals surface area contributed by atoms with Gasteiger partial charge in [-0.2, -0.15) is 0 Å². The van der Waals surface area contributed by atoms with Gasteiger partial charge in [-0.3, -0.25) is 0 Å². The van der Waals surface area contributed by atoms with E-state index in [0.29, 0.717) is 19.1 Å². The summed E-state index contributed by atoms with van der Waals surface area (Å²) in [5.41, 5.74) is 5.08. The van der Waals surface area contributed by atoms with Crippen LogP contribution in [-0.2, 0) is 9.47 Å². The average molecular weight is 189 g/mol. The van der Waals surface area contributed by atoms with Gasteiger partial charge >= 0.3 is 0 Å². The summed E-state index contributed by atoms with van der Waals surface area (Å²) < 4.78 is 10.6. The van der Waals surface area contributed by atoms with Crippen LogP contribution >= 0.6 is 0 Å². The number of aliphatic hydroxyl groups excluding tert-OH is 1. The van der Waals surface area contributed by atoms with E-state index in [0.717, 1.165) is 19.6 Å². The monoisotopic (exact) mass is 189 g/mol. The van der Waals surface area contributed by atoms with Crippen molar-refractivity contribution in [3.05, 3.63) is 0 Å². The maximum Gasteiger partial charge on any atom is 0.0666 e. The third-order valence-corrected chi connectivity index (χ3v) is 2.17. The zero-order valence-electron chi connectivity index (χ0n) is 8.16. The van der Waals surface area contributed by atoms with Crippen molar-refractivity contribution in [2.45, 2.75) is 18.9 Å². The van der Waals surface area contributed by atoms with E-state index in [1.807, 2.05) is 0 Å². The van der Waals surface area contributed by atoms with Crippen LogP contribution in [0.3, 0.4) is 0 Å². The fourth-order valence-electron chi connectivity index (χ4n) is 1.22. The van der Waals surface area contributed by atoms with Crippen molar-refractivity contribution in [3.63, 3.8) is 0 Å². The van der Waals surface area contributed by atoms with Gasteiger partial charge in [0.2, 0.25) is 0 Å². The van der Waals surface area contributed by atoms with Crippen LogP contribution in [0.5, 0.6) is 0 Å². The normalized spacial score (nSPS) is 27.5. The van der Waals surface area contributed by atoms with E-state index in [1.165, 1.54) is 0 Å². The molecule has 0 radical (unpaired) electrons. The van der Waals surface area contributed by atoms with Crippen LogP contribution in [-0.4, -0.2) is 43.7 Å². The molecular formula is C9H19NO3. The van der Waals surface area contributed by atoms with Gasteiger partial charge in [0.1, 0.15) is 0 Å². The predicted octanol–water partition coefficient (Wildman–Crippen LogP) is -0.251. The zero-order chi connectivity index (χ0) is 9.73. The van der Waals surface area contributed by atoms with Gasteiger partial charge in [-0.05, 0) is 13.3 Å². The number of nitrogens with two attached hydrogens (primary N) is 1. The second kappa shape index (κ2) is 4.91. The second-order valence-corrected chi connectivity index (χ2v) is 4.06. The highest BCUT2D eigenvalue weighted by molar-refractivity contribution is 4.76. The molecule has 0 spiro atoms. The lowest BCUT2D eigenvalue weighted by atomic mass is 10.1. The van der Waals surface area contributed by atoms with Crippen LogP contribution in [0, 0.1) is 5.92 Å². The third kappa shape index (κ3) is 4.04. The van der Waals surface area contributed by atoms with Gasteiger partial charge in [0.15, 0.2) is 0 Å². The van der Waals surface area contributed by atoms with Gasteiger partial charge in [-0.15, -0.1) is 0 Å². The number of hydrogen-bond acceptors (Lipinski definition) is 4. The van der Waals surface area contributed by atoms with E-state index in [9.17, 15) is 0 Å². The maximum atomic E-state index is 8.86. The molecule has 0 aliphatic carbocycles. The topological polar surface area (TPSA) is 64.7 Å². The fraction of sp³-hybridized carbons (Fsp3) is 1.00. The summed E-state index contributed by atoms with van der Waals surface area (Å²) in [6.07, 6.45) is 1.07. The standard InChI is InChI=1S/C9H19NO3/c1-9(10,6-11)7-13-5-8-2-3-12-4-8/h8,11H,2-7,10H2,1H3. The molecule has 1 heterocycles. The molecule has 1 rings (SSSR count). The van der Waals surface area contributed by atoms with Crippen molar-refractivity contribution in [1.29, 1.82) is 0 Å². The largest absolute Gasteiger partial charge is 0.394 e. The number of hydrogen-bond donors (Lipinski definition) is 2. The lowest BCUT2D eigenvalue weighted by Gasteiger charge is -2.22. The van der Waals surface area contributed by atoms with Gasteiger partial charge in [0.25, 0.3) is 0 Å². The summed E-state index contributed by atoms with van der Waals surface area (Å²) in [5, 5.41) is 8.86. The molecule has 0 aromatic rings. The predicted molar refractivity (Wildman–Crippen MR) is 49.4 cm³/mol.